The van der Waals surface area contributed by atoms with Crippen molar-refractivity contribution in [2.75, 3.05) is 26.4 Å². The number of unbranched alkanes of at least 4 members (excludes halogenated alkanes) is 33. The highest BCUT2D eigenvalue weighted by Gasteiger charge is 2.60. The molecule has 18 atom stereocenters. The van der Waals surface area contributed by atoms with Crippen LogP contribution < -0.4 is 10.6 Å². The van der Waals surface area contributed by atoms with Crippen LogP contribution in [0.5, 0.6) is 0 Å². The van der Waals surface area contributed by atoms with Crippen LogP contribution >= 0.6 is 0 Å². The summed E-state index contributed by atoms with van der Waals surface area (Å²) in [4.78, 5) is 38.5. The molecule has 3 fully saturated rings. The van der Waals surface area contributed by atoms with Gasteiger partial charge in [-0.15, -0.1) is 0 Å². The van der Waals surface area contributed by atoms with E-state index in [1.54, 1.807) is 6.08 Å². The number of allylic oxidation sites excluding steroid dienone is 1. The van der Waals surface area contributed by atoms with Gasteiger partial charge in [-0.3, -0.25) is 9.59 Å². The summed E-state index contributed by atoms with van der Waals surface area (Å²) in [5, 5.41) is 136. The molecule has 528 valence electrons. The van der Waals surface area contributed by atoms with Gasteiger partial charge in [-0.05, 0) is 19.3 Å². The third-order valence-electron chi connectivity index (χ3n) is 18.0. The highest BCUT2D eigenvalue weighted by atomic mass is 16.8. The zero-order chi connectivity index (χ0) is 66.1. The van der Waals surface area contributed by atoms with Crippen LogP contribution in [-0.4, -0.2) is 215 Å². The summed E-state index contributed by atoms with van der Waals surface area (Å²) in [5.41, 5.74) is 0. The maximum Gasteiger partial charge on any atom is 0.364 e. The predicted octanol–water partition coefficient (Wildman–Crippen LogP) is 6.29. The van der Waals surface area contributed by atoms with E-state index in [0.717, 1.165) is 51.9 Å². The number of nitrogens with one attached hydrogen (secondary N) is 2. The molecule has 0 saturated carbocycles. The fourth-order valence-corrected chi connectivity index (χ4v) is 12.4. The van der Waals surface area contributed by atoms with Gasteiger partial charge in [0.25, 0.3) is 5.79 Å². The molecule has 6 unspecified atom stereocenters. The Morgan fingerprint density at radius 1 is 0.578 bits per heavy atom. The van der Waals surface area contributed by atoms with Gasteiger partial charge in [-0.25, -0.2) is 4.79 Å². The lowest BCUT2D eigenvalue weighted by Crippen LogP contribution is -2.70. The molecule has 0 aromatic rings. The van der Waals surface area contributed by atoms with Crippen molar-refractivity contribution in [2.24, 2.45) is 0 Å². The predicted molar refractivity (Wildman–Crippen MR) is 338 cm³/mol. The number of hydrogen-bond acceptors (Lipinski definition) is 20. The molecule has 0 spiro atoms. The molecule has 23 heteroatoms. The molecule has 0 aromatic carbocycles. The van der Waals surface area contributed by atoms with Crippen LogP contribution in [-0.2, 0) is 42.8 Å². The largest absolute Gasteiger partial charge is 0.477 e. The molecule has 3 aliphatic rings. The van der Waals surface area contributed by atoms with E-state index in [2.05, 4.69) is 24.5 Å². The average Bonchev–Trinajstić information content (AvgIpc) is 0.821. The van der Waals surface area contributed by atoms with Crippen LogP contribution in [0.4, 0.5) is 0 Å². The number of carbonyl (C=O) groups is 3. The van der Waals surface area contributed by atoms with Crippen LogP contribution in [0, 0.1) is 0 Å². The summed E-state index contributed by atoms with van der Waals surface area (Å²) in [5.74, 6) is -6.14. The number of rotatable bonds is 53. The molecule has 3 heterocycles. The lowest BCUT2D eigenvalue weighted by Gasteiger charge is -2.50. The molecule has 3 aliphatic heterocycles. The molecule has 0 radical (unpaired) electrons. The van der Waals surface area contributed by atoms with E-state index < -0.39 is 155 Å². The number of aliphatic hydroxyl groups is 11. The van der Waals surface area contributed by atoms with E-state index in [9.17, 15) is 75.7 Å². The molecule has 0 bridgehead atoms. The van der Waals surface area contributed by atoms with Gasteiger partial charge in [-0.1, -0.05) is 231 Å². The van der Waals surface area contributed by atoms with Crippen molar-refractivity contribution in [3.63, 3.8) is 0 Å². The zero-order valence-corrected chi connectivity index (χ0v) is 55.0. The first kappa shape index (κ1) is 81.7. The van der Waals surface area contributed by atoms with Gasteiger partial charge >= 0.3 is 5.97 Å². The number of aliphatic carboxylic acids is 1. The number of carboxylic acids is 1. The Labute approximate surface area is 537 Å². The average molecular weight is 1290 g/mol. The van der Waals surface area contributed by atoms with Crippen LogP contribution in [0.2, 0.25) is 0 Å². The molecule has 2 amide bonds. The second-order valence-corrected chi connectivity index (χ2v) is 25.8. The van der Waals surface area contributed by atoms with Crippen LogP contribution in [0.1, 0.15) is 258 Å². The quantitative estimate of drug-likeness (QED) is 0.0235. The Bertz CT molecular complexity index is 1870. The third-order valence-corrected chi connectivity index (χ3v) is 18.0. The summed E-state index contributed by atoms with van der Waals surface area (Å²) in [6.45, 7) is 2.14. The fourth-order valence-electron chi connectivity index (χ4n) is 12.4. The lowest BCUT2D eigenvalue weighted by atomic mass is 9.88. The summed E-state index contributed by atoms with van der Waals surface area (Å²) < 4.78 is 34.8. The van der Waals surface area contributed by atoms with Gasteiger partial charge < -0.3 is 100 Å². The fraction of sp³-hybridized carbons (Fsp3) is 0.925. The van der Waals surface area contributed by atoms with E-state index in [4.69, 9.17) is 28.4 Å². The van der Waals surface area contributed by atoms with Gasteiger partial charge in [0.2, 0.25) is 11.8 Å². The number of carbonyl (C=O) groups excluding carboxylic acids is 2. The van der Waals surface area contributed by atoms with Gasteiger partial charge in [-0.2, -0.15) is 0 Å². The smallest absolute Gasteiger partial charge is 0.364 e. The first-order chi connectivity index (χ1) is 43.4. The highest BCUT2D eigenvalue weighted by Crippen LogP contribution is 2.39. The second kappa shape index (κ2) is 48.2. The van der Waals surface area contributed by atoms with Crippen molar-refractivity contribution in [1.82, 2.24) is 10.6 Å². The van der Waals surface area contributed by atoms with Crippen molar-refractivity contribution < 1.29 is 104 Å². The van der Waals surface area contributed by atoms with Crippen LogP contribution in [0.3, 0.4) is 0 Å². The Balaban J connectivity index is 1.57. The summed E-state index contributed by atoms with van der Waals surface area (Å²) in [7, 11) is 0. The van der Waals surface area contributed by atoms with E-state index in [0.29, 0.717) is 12.8 Å². The minimum absolute atomic E-state index is 0.205. The summed E-state index contributed by atoms with van der Waals surface area (Å²) in [6, 6.07) is -2.61. The Hall–Kier alpha value is -2.53. The van der Waals surface area contributed by atoms with Gasteiger partial charge in [0.05, 0.1) is 50.7 Å². The monoisotopic (exact) mass is 1290 g/mol. The maximum absolute atomic E-state index is 13.4. The Kier molecular flexibility index (Phi) is 43.8. The summed E-state index contributed by atoms with van der Waals surface area (Å²) in [6.07, 6.45) is 16.9. The van der Waals surface area contributed by atoms with Crippen molar-refractivity contribution in [3.05, 3.63) is 12.2 Å². The standard InChI is InChI=1S/C67H124N2O21/c1-4-6-8-10-12-14-16-18-19-20-21-22-23-24-25-26-27-29-31-33-35-37-39-41-54(77)69-48(49(74)40-38-36-34-32-30-28-17-15-13-11-9-7-5-2)46-85-64-59(81)58(80)61(53(45-72)87-64)88-65-60(82)63(57(79)52(44-71)86-65)90-67(66(83)84)42-50(75)55(68-47(3)73)62(89-67)56(78)51(76)43-70/h38,40,48-53,55-65,70-72,74-76,78-82H,4-37,39,41-46H2,1-3H3,(H,68,73)(H,69,77)(H,83,84)/b40-38+/t48-,49+,50?,51+,52?,53?,55+,56+,57-,58+,59?,60?,61+,62?,63-,64+,65-,67-/m0/s1. The van der Waals surface area contributed by atoms with Crippen LogP contribution in [0.25, 0.3) is 0 Å². The zero-order valence-electron chi connectivity index (χ0n) is 55.0. The second-order valence-electron chi connectivity index (χ2n) is 25.8. The SMILES string of the molecule is CCCCCCCCCCCCC/C=C/[C@@H](O)[C@H](CO[C@@H]1OC(CO)[C@@H](O[C@@H]2OC(CO)[C@H](O)[C@H](O[C@]3(C(=O)O)CC(O)[C@@H](NC(C)=O)C([C@H](O)[C@H](O)CO)O3)C2O)[C@H](O)C1O)NC(=O)CCCCCCCCCCCCCCCCCCCCCCCCC. The van der Waals surface area contributed by atoms with E-state index in [-0.39, 0.29) is 12.3 Å². The van der Waals surface area contributed by atoms with Crippen molar-refractivity contribution in [1.29, 1.82) is 0 Å². The first-order valence-corrected chi connectivity index (χ1v) is 35.1. The Morgan fingerprint density at radius 2 is 1.03 bits per heavy atom. The number of amides is 2. The third kappa shape index (κ3) is 30.5. The maximum atomic E-state index is 13.4. The number of carboxylic acid groups (broad SMARTS) is 1. The molecule has 3 rings (SSSR count). The molecule has 3 saturated heterocycles. The first-order valence-electron chi connectivity index (χ1n) is 35.1. The van der Waals surface area contributed by atoms with Crippen LogP contribution in [0.15, 0.2) is 12.2 Å². The number of hydrogen-bond donors (Lipinski definition) is 14. The van der Waals surface area contributed by atoms with Crippen molar-refractivity contribution in [3.8, 4) is 0 Å². The van der Waals surface area contributed by atoms with E-state index in [1.165, 1.54) is 167 Å². The Morgan fingerprint density at radius 3 is 1.48 bits per heavy atom. The summed E-state index contributed by atoms with van der Waals surface area (Å²) >= 11 is 0. The minimum atomic E-state index is -3.08. The lowest BCUT2D eigenvalue weighted by molar-refractivity contribution is -0.386. The molecule has 0 aliphatic carbocycles. The molecular weight excluding hydrogens is 1170 g/mol. The van der Waals surface area contributed by atoms with Gasteiger partial charge in [0, 0.05) is 19.8 Å². The minimum Gasteiger partial charge on any atom is -0.477 e. The van der Waals surface area contributed by atoms with Gasteiger partial charge in [0.15, 0.2) is 12.6 Å². The van der Waals surface area contributed by atoms with Crippen molar-refractivity contribution in [2.45, 2.75) is 368 Å². The molecule has 23 nitrogen and oxygen atoms in total. The van der Waals surface area contributed by atoms with Gasteiger partial charge in [0.1, 0.15) is 67.1 Å². The van der Waals surface area contributed by atoms with Crippen molar-refractivity contribution >= 4 is 17.8 Å². The van der Waals surface area contributed by atoms with E-state index >= 15 is 0 Å². The number of ether oxygens (including phenoxy) is 6. The molecule has 0 aromatic heterocycles. The molecule has 14 N–H and O–H groups in total. The topological polar surface area (TPSA) is 373 Å². The molecule has 90 heavy (non-hydrogen) atoms. The number of aliphatic hydroxyl groups excluding tert-OH is 11. The van der Waals surface area contributed by atoms with E-state index in [1.807, 2.05) is 6.08 Å². The molecular formula is C67H124N2O21. The normalized spacial score (nSPS) is 28.6. The highest BCUT2D eigenvalue weighted by molar-refractivity contribution is 5.77.